The number of rotatable bonds is 5. The van der Waals surface area contributed by atoms with E-state index >= 15 is 0 Å². The average molecular weight is 494 g/mol. The molecule has 0 aliphatic carbocycles. The standard InChI is InChI=1S/C24H20BrN3O2S/c1-16(22(29)27(2)18-9-5-3-6-10-18)31-24-26-21-14-13-17(25)15-20(21)23(30)28(24)19-11-7-4-8-12-19/h3-16H,1-2H3/t16-/m1/s1. The SMILES string of the molecule is C[C@@H](Sc1nc2ccc(Br)cc2c(=O)n1-c1ccccc1)C(=O)N(C)c1ccccc1. The molecule has 7 heteroatoms. The smallest absolute Gasteiger partial charge is 0.266 e. The van der Waals surface area contributed by atoms with Crippen LogP contribution in [-0.4, -0.2) is 27.8 Å². The molecule has 0 saturated heterocycles. The van der Waals surface area contributed by atoms with Gasteiger partial charge in [0.1, 0.15) is 0 Å². The van der Waals surface area contributed by atoms with Crippen LogP contribution in [0.4, 0.5) is 5.69 Å². The van der Waals surface area contributed by atoms with Crippen LogP contribution in [0, 0.1) is 0 Å². The highest BCUT2D eigenvalue weighted by Crippen LogP contribution is 2.27. The number of aromatic nitrogens is 2. The summed E-state index contributed by atoms with van der Waals surface area (Å²) in [5, 5.41) is 0.552. The first-order valence-corrected chi connectivity index (χ1v) is 11.4. The first-order valence-electron chi connectivity index (χ1n) is 9.72. The van der Waals surface area contributed by atoms with Crippen LogP contribution in [0.1, 0.15) is 6.92 Å². The maximum absolute atomic E-state index is 13.4. The lowest BCUT2D eigenvalue weighted by atomic mass is 10.2. The second kappa shape index (κ2) is 9.08. The number of para-hydroxylation sites is 2. The monoisotopic (exact) mass is 493 g/mol. The van der Waals surface area contributed by atoms with Gasteiger partial charge in [-0.05, 0) is 49.4 Å². The van der Waals surface area contributed by atoms with E-state index in [9.17, 15) is 9.59 Å². The van der Waals surface area contributed by atoms with Crippen molar-refractivity contribution in [1.29, 1.82) is 0 Å². The molecule has 0 bridgehead atoms. The van der Waals surface area contributed by atoms with Crippen molar-refractivity contribution in [2.75, 3.05) is 11.9 Å². The summed E-state index contributed by atoms with van der Waals surface area (Å²) in [6.45, 7) is 1.83. The second-order valence-corrected chi connectivity index (χ2v) is 9.25. The highest BCUT2D eigenvalue weighted by Gasteiger charge is 2.23. The Balaban J connectivity index is 1.77. The molecule has 1 aromatic heterocycles. The maximum Gasteiger partial charge on any atom is 0.266 e. The molecule has 156 valence electrons. The molecule has 0 saturated carbocycles. The number of nitrogens with zero attached hydrogens (tertiary/aromatic N) is 3. The normalized spacial score (nSPS) is 12.0. The minimum atomic E-state index is -0.444. The number of thioether (sulfide) groups is 1. The van der Waals surface area contributed by atoms with Crippen LogP contribution in [0.3, 0.4) is 0 Å². The van der Waals surface area contributed by atoms with Gasteiger partial charge in [0.25, 0.3) is 5.56 Å². The van der Waals surface area contributed by atoms with E-state index < -0.39 is 5.25 Å². The van der Waals surface area contributed by atoms with Gasteiger partial charge in [-0.25, -0.2) is 4.98 Å². The molecule has 5 nitrogen and oxygen atoms in total. The summed E-state index contributed by atoms with van der Waals surface area (Å²) in [6.07, 6.45) is 0. The van der Waals surface area contributed by atoms with Crippen molar-refractivity contribution in [1.82, 2.24) is 9.55 Å². The van der Waals surface area contributed by atoms with Crippen molar-refractivity contribution in [2.24, 2.45) is 0 Å². The van der Waals surface area contributed by atoms with Gasteiger partial charge >= 0.3 is 0 Å². The number of benzene rings is 3. The predicted octanol–water partition coefficient (Wildman–Crippen LogP) is 5.29. The van der Waals surface area contributed by atoms with E-state index in [-0.39, 0.29) is 11.5 Å². The van der Waals surface area contributed by atoms with Crippen LogP contribution in [0.5, 0.6) is 0 Å². The number of fused-ring (bicyclic) bond motifs is 1. The summed E-state index contributed by atoms with van der Waals surface area (Å²) < 4.78 is 2.39. The van der Waals surface area contributed by atoms with Crippen molar-refractivity contribution in [3.05, 3.63) is 93.7 Å². The Morgan fingerprint density at radius 1 is 1.03 bits per heavy atom. The van der Waals surface area contributed by atoms with Gasteiger partial charge in [0, 0.05) is 17.2 Å². The third-order valence-corrected chi connectivity index (χ3v) is 6.45. The number of carbonyl (C=O) groups is 1. The van der Waals surface area contributed by atoms with Gasteiger partial charge in [0.05, 0.1) is 21.8 Å². The lowest BCUT2D eigenvalue weighted by Crippen LogP contribution is -2.33. The topological polar surface area (TPSA) is 55.2 Å². The van der Waals surface area contributed by atoms with Crippen molar-refractivity contribution in [2.45, 2.75) is 17.3 Å². The highest BCUT2D eigenvalue weighted by atomic mass is 79.9. The Labute approximate surface area is 192 Å². The molecular formula is C24H20BrN3O2S. The molecule has 4 rings (SSSR count). The summed E-state index contributed by atoms with van der Waals surface area (Å²) in [6, 6.07) is 24.3. The van der Waals surface area contributed by atoms with E-state index in [4.69, 9.17) is 4.98 Å². The zero-order valence-electron chi connectivity index (χ0n) is 17.0. The molecule has 0 unspecified atom stereocenters. The van der Waals surface area contributed by atoms with Gasteiger partial charge < -0.3 is 4.90 Å². The first kappa shape index (κ1) is 21.3. The predicted molar refractivity (Wildman–Crippen MR) is 130 cm³/mol. The Hall–Kier alpha value is -2.90. The molecular weight excluding hydrogens is 474 g/mol. The number of carbonyl (C=O) groups excluding carboxylic acids is 1. The minimum absolute atomic E-state index is 0.0686. The van der Waals surface area contributed by atoms with E-state index in [2.05, 4.69) is 15.9 Å². The van der Waals surface area contributed by atoms with Gasteiger partial charge in [-0.1, -0.05) is 64.1 Å². The Kier molecular flexibility index (Phi) is 6.25. The van der Waals surface area contributed by atoms with E-state index in [0.29, 0.717) is 21.7 Å². The summed E-state index contributed by atoms with van der Waals surface area (Å²) in [7, 11) is 1.75. The number of anilines is 1. The fraction of sp³-hybridized carbons (Fsp3) is 0.125. The summed E-state index contributed by atoms with van der Waals surface area (Å²) in [4.78, 5) is 32.8. The van der Waals surface area contributed by atoms with Crippen LogP contribution in [0.25, 0.3) is 16.6 Å². The van der Waals surface area contributed by atoms with Crippen LogP contribution in [0.15, 0.2) is 93.3 Å². The van der Waals surface area contributed by atoms with Crippen LogP contribution >= 0.6 is 27.7 Å². The largest absolute Gasteiger partial charge is 0.315 e. The van der Waals surface area contributed by atoms with Crippen molar-refractivity contribution in [3.8, 4) is 5.69 Å². The fourth-order valence-electron chi connectivity index (χ4n) is 3.28. The van der Waals surface area contributed by atoms with E-state index in [1.54, 1.807) is 22.6 Å². The minimum Gasteiger partial charge on any atom is -0.315 e. The molecule has 0 spiro atoms. The first-order chi connectivity index (χ1) is 15.0. The molecule has 1 amide bonds. The number of amides is 1. The summed E-state index contributed by atoms with van der Waals surface area (Å²) in [5.74, 6) is -0.0686. The number of halogens is 1. The number of hydrogen-bond acceptors (Lipinski definition) is 4. The molecule has 0 N–H and O–H groups in total. The lowest BCUT2D eigenvalue weighted by molar-refractivity contribution is -0.117. The maximum atomic E-state index is 13.4. The quantitative estimate of drug-likeness (QED) is 0.280. The zero-order chi connectivity index (χ0) is 22.0. The lowest BCUT2D eigenvalue weighted by Gasteiger charge is -2.22. The van der Waals surface area contributed by atoms with Gasteiger partial charge in [-0.2, -0.15) is 0 Å². The Morgan fingerprint density at radius 3 is 2.35 bits per heavy atom. The van der Waals surface area contributed by atoms with E-state index in [0.717, 1.165) is 10.2 Å². The van der Waals surface area contributed by atoms with Gasteiger partial charge in [-0.3, -0.25) is 14.2 Å². The molecule has 0 radical (unpaired) electrons. The Bertz CT molecular complexity index is 1290. The fourth-order valence-corrected chi connectivity index (χ4v) is 4.66. The molecule has 1 heterocycles. The Morgan fingerprint density at radius 2 is 1.68 bits per heavy atom. The highest BCUT2D eigenvalue weighted by molar-refractivity contribution is 9.10. The van der Waals surface area contributed by atoms with Crippen molar-refractivity contribution >= 4 is 50.2 Å². The van der Waals surface area contributed by atoms with Gasteiger partial charge in [0.2, 0.25) is 5.91 Å². The van der Waals surface area contributed by atoms with Gasteiger partial charge in [0.15, 0.2) is 5.16 Å². The second-order valence-electron chi connectivity index (χ2n) is 7.02. The number of hydrogen-bond donors (Lipinski definition) is 0. The van der Waals surface area contributed by atoms with E-state index in [1.165, 1.54) is 11.8 Å². The van der Waals surface area contributed by atoms with Gasteiger partial charge in [-0.15, -0.1) is 0 Å². The van der Waals surface area contributed by atoms with Crippen LogP contribution in [-0.2, 0) is 4.79 Å². The molecule has 0 fully saturated rings. The van der Waals surface area contributed by atoms with Crippen molar-refractivity contribution < 1.29 is 4.79 Å². The van der Waals surface area contributed by atoms with Crippen LogP contribution in [0.2, 0.25) is 0 Å². The summed E-state index contributed by atoms with van der Waals surface area (Å²) in [5.41, 5.74) is 1.95. The average Bonchev–Trinajstić information content (AvgIpc) is 2.80. The van der Waals surface area contributed by atoms with E-state index in [1.807, 2.05) is 79.7 Å². The van der Waals surface area contributed by atoms with Crippen LogP contribution < -0.4 is 10.5 Å². The molecule has 1 atom stereocenters. The summed E-state index contributed by atoms with van der Waals surface area (Å²) >= 11 is 4.71. The molecule has 4 aromatic rings. The molecule has 31 heavy (non-hydrogen) atoms. The molecule has 0 aliphatic rings. The third-order valence-electron chi connectivity index (χ3n) is 4.92. The zero-order valence-corrected chi connectivity index (χ0v) is 19.4. The molecule has 0 aliphatic heterocycles. The third kappa shape index (κ3) is 4.43. The van der Waals surface area contributed by atoms with Crippen molar-refractivity contribution in [3.63, 3.8) is 0 Å². The molecule has 3 aromatic carbocycles.